The summed E-state index contributed by atoms with van der Waals surface area (Å²) in [4.78, 5) is 29.7. The van der Waals surface area contributed by atoms with Gasteiger partial charge in [0.2, 0.25) is 11.8 Å². The van der Waals surface area contributed by atoms with Gasteiger partial charge in [-0.05, 0) is 61.2 Å². The van der Waals surface area contributed by atoms with Gasteiger partial charge in [-0.25, -0.2) is 8.42 Å². The van der Waals surface area contributed by atoms with E-state index in [1.807, 2.05) is 68.4 Å². The van der Waals surface area contributed by atoms with Crippen LogP contribution in [0.5, 0.6) is 0 Å². The van der Waals surface area contributed by atoms with Gasteiger partial charge in [-0.15, -0.1) is 0 Å². The summed E-state index contributed by atoms with van der Waals surface area (Å²) in [5.74, 6) is -0.815. The summed E-state index contributed by atoms with van der Waals surface area (Å²) in [6.07, 6.45) is 0.989. The highest BCUT2D eigenvalue weighted by atomic mass is 35.5. The molecule has 4 rings (SSSR count). The molecule has 0 unspecified atom stereocenters. The summed E-state index contributed by atoms with van der Waals surface area (Å²) in [5.41, 5.74) is 3.69. The molecule has 0 aromatic heterocycles. The molecule has 2 amide bonds. The third kappa shape index (κ3) is 8.27. The van der Waals surface area contributed by atoms with E-state index in [-0.39, 0.29) is 23.8 Å². The molecule has 0 fully saturated rings. The Bertz CT molecular complexity index is 1660. The molecule has 44 heavy (non-hydrogen) atoms. The average molecular weight is 632 g/mol. The Labute approximate surface area is 265 Å². The molecule has 0 bridgehead atoms. The van der Waals surface area contributed by atoms with Crippen molar-refractivity contribution in [2.75, 3.05) is 17.4 Å². The van der Waals surface area contributed by atoms with Gasteiger partial charge in [0.1, 0.15) is 12.6 Å². The topological polar surface area (TPSA) is 86.8 Å². The maximum absolute atomic E-state index is 14.5. The Hall–Kier alpha value is -4.14. The molecule has 9 heteroatoms. The number of carbonyl (C=O) groups is 2. The zero-order valence-corrected chi connectivity index (χ0v) is 26.8. The molecule has 7 nitrogen and oxygen atoms in total. The first-order valence-electron chi connectivity index (χ1n) is 14.6. The fraction of sp³-hybridized carbons (Fsp3) is 0.257. The molecule has 0 saturated heterocycles. The normalized spacial score (nSPS) is 11.9. The first-order valence-corrected chi connectivity index (χ1v) is 16.4. The second-order valence-corrected chi connectivity index (χ2v) is 13.1. The van der Waals surface area contributed by atoms with Crippen molar-refractivity contribution >= 4 is 39.1 Å². The number of rotatable bonds is 13. The van der Waals surface area contributed by atoms with Crippen LogP contribution < -0.4 is 9.62 Å². The first kappa shape index (κ1) is 32.8. The molecule has 4 aromatic rings. The molecule has 0 aliphatic rings. The smallest absolute Gasteiger partial charge is 0.264 e. The number of hydrogen-bond donors (Lipinski definition) is 1. The summed E-state index contributed by atoms with van der Waals surface area (Å²) in [6.45, 7) is 5.74. The van der Waals surface area contributed by atoms with Crippen molar-refractivity contribution in [3.05, 3.63) is 130 Å². The summed E-state index contributed by atoms with van der Waals surface area (Å²) in [6, 6.07) is 29.3. The van der Waals surface area contributed by atoms with E-state index in [1.165, 1.54) is 17.0 Å². The molecule has 4 aromatic carbocycles. The van der Waals surface area contributed by atoms with E-state index in [2.05, 4.69) is 5.32 Å². The van der Waals surface area contributed by atoms with Gasteiger partial charge in [0.05, 0.1) is 10.6 Å². The van der Waals surface area contributed by atoms with Crippen LogP contribution >= 0.6 is 11.6 Å². The lowest BCUT2D eigenvalue weighted by molar-refractivity contribution is -0.140. The van der Waals surface area contributed by atoms with Gasteiger partial charge < -0.3 is 10.2 Å². The molecule has 1 N–H and O–H groups in total. The van der Waals surface area contributed by atoms with Crippen LogP contribution in [0.25, 0.3) is 0 Å². The Kier molecular flexibility index (Phi) is 11.2. The molecule has 0 heterocycles. The number of aryl methyl sites for hydroxylation is 2. The average Bonchev–Trinajstić information content (AvgIpc) is 3.03. The predicted octanol–water partition coefficient (Wildman–Crippen LogP) is 6.32. The van der Waals surface area contributed by atoms with Crippen molar-refractivity contribution in [3.63, 3.8) is 0 Å². The Morgan fingerprint density at radius 2 is 1.48 bits per heavy atom. The Balaban J connectivity index is 1.81. The Morgan fingerprint density at radius 1 is 0.841 bits per heavy atom. The van der Waals surface area contributed by atoms with E-state index in [9.17, 15) is 18.0 Å². The highest BCUT2D eigenvalue weighted by Crippen LogP contribution is 2.30. The minimum atomic E-state index is -4.19. The van der Waals surface area contributed by atoms with E-state index in [1.54, 1.807) is 43.3 Å². The maximum Gasteiger partial charge on any atom is 0.264 e. The van der Waals surface area contributed by atoms with Gasteiger partial charge in [-0.1, -0.05) is 103 Å². The van der Waals surface area contributed by atoms with Crippen LogP contribution in [0.2, 0.25) is 5.02 Å². The van der Waals surface area contributed by atoms with E-state index in [0.29, 0.717) is 22.8 Å². The fourth-order valence-electron chi connectivity index (χ4n) is 4.89. The second kappa shape index (κ2) is 15.0. The molecule has 0 saturated carbocycles. The lowest BCUT2D eigenvalue weighted by Gasteiger charge is -2.34. The van der Waals surface area contributed by atoms with E-state index < -0.39 is 28.5 Å². The number of hydrogen-bond acceptors (Lipinski definition) is 4. The van der Waals surface area contributed by atoms with Crippen molar-refractivity contribution in [2.45, 2.75) is 51.1 Å². The van der Waals surface area contributed by atoms with E-state index in [4.69, 9.17) is 11.6 Å². The summed E-state index contributed by atoms with van der Waals surface area (Å²) in [7, 11) is -4.19. The van der Waals surface area contributed by atoms with Crippen LogP contribution in [-0.4, -0.2) is 44.3 Å². The number of carbonyl (C=O) groups excluding carboxylic acids is 2. The standard InChI is InChI=1S/C35H38ClN3O4S/c1-4-21-37-35(41)33(22-28-11-7-5-8-12-28)38(24-29-18-15-26(2)16-19-29)34(40)25-39(32-23-30(36)20-17-27(32)3)44(42,43)31-13-9-6-10-14-31/h5-20,23,33H,4,21-22,24-25H2,1-3H3,(H,37,41)/t33-/m0/s1. The number of sulfonamides is 1. The van der Waals surface area contributed by atoms with Gasteiger partial charge in [-0.3, -0.25) is 13.9 Å². The summed E-state index contributed by atoms with van der Waals surface area (Å²) in [5, 5.41) is 3.30. The van der Waals surface area contributed by atoms with Gasteiger partial charge in [0.15, 0.2) is 0 Å². The fourth-order valence-corrected chi connectivity index (χ4v) is 6.55. The van der Waals surface area contributed by atoms with Crippen molar-refractivity contribution in [2.24, 2.45) is 0 Å². The molecule has 0 aliphatic heterocycles. The number of nitrogens with one attached hydrogen (secondary N) is 1. The monoisotopic (exact) mass is 631 g/mol. The van der Waals surface area contributed by atoms with Gasteiger partial charge >= 0.3 is 0 Å². The lowest BCUT2D eigenvalue weighted by atomic mass is 10.0. The molecule has 0 radical (unpaired) electrons. The van der Waals surface area contributed by atoms with Crippen LogP contribution in [-0.2, 0) is 32.6 Å². The highest BCUT2D eigenvalue weighted by Gasteiger charge is 2.35. The quantitative estimate of drug-likeness (QED) is 0.187. The second-order valence-electron chi connectivity index (χ2n) is 10.8. The number of halogens is 1. The number of nitrogens with zero attached hydrogens (tertiary/aromatic N) is 2. The largest absolute Gasteiger partial charge is 0.354 e. The van der Waals surface area contributed by atoms with Crippen LogP contribution in [0.3, 0.4) is 0 Å². The molecule has 230 valence electrons. The van der Waals surface area contributed by atoms with Crippen LogP contribution in [0.4, 0.5) is 5.69 Å². The van der Waals surface area contributed by atoms with Crippen LogP contribution in [0, 0.1) is 13.8 Å². The number of amides is 2. The minimum Gasteiger partial charge on any atom is -0.354 e. The van der Waals surface area contributed by atoms with Gasteiger partial charge in [0, 0.05) is 24.5 Å². The molecular formula is C35H38ClN3O4S. The molecular weight excluding hydrogens is 594 g/mol. The van der Waals surface area contributed by atoms with Crippen LogP contribution in [0.1, 0.15) is 35.6 Å². The highest BCUT2D eigenvalue weighted by molar-refractivity contribution is 7.92. The first-order chi connectivity index (χ1) is 21.1. The zero-order chi connectivity index (χ0) is 31.7. The lowest BCUT2D eigenvalue weighted by Crippen LogP contribution is -2.53. The molecule has 1 atom stereocenters. The van der Waals surface area contributed by atoms with Crippen LogP contribution in [0.15, 0.2) is 108 Å². The minimum absolute atomic E-state index is 0.0405. The van der Waals surface area contributed by atoms with E-state index >= 15 is 0 Å². The van der Waals surface area contributed by atoms with Crippen molar-refractivity contribution in [3.8, 4) is 0 Å². The van der Waals surface area contributed by atoms with Crippen molar-refractivity contribution in [1.29, 1.82) is 0 Å². The predicted molar refractivity (Wildman–Crippen MR) is 176 cm³/mol. The third-order valence-corrected chi connectivity index (χ3v) is 9.35. The maximum atomic E-state index is 14.5. The third-order valence-electron chi connectivity index (χ3n) is 7.34. The summed E-state index contributed by atoms with van der Waals surface area (Å²) >= 11 is 6.34. The number of benzene rings is 4. The van der Waals surface area contributed by atoms with Gasteiger partial charge in [0.25, 0.3) is 10.0 Å². The van der Waals surface area contributed by atoms with Gasteiger partial charge in [-0.2, -0.15) is 0 Å². The Morgan fingerprint density at radius 3 is 2.11 bits per heavy atom. The SMILES string of the molecule is CCCNC(=O)[C@H](Cc1ccccc1)N(Cc1ccc(C)cc1)C(=O)CN(c1cc(Cl)ccc1C)S(=O)(=O)c1ccccc1. The number of anilines is 1. The zero-order valence-electron chi connectivity index (χ0n) is 25.2. The molecule has 0 aliphatic carbocycles. The van der Waals surface area contributed by atoms with Crippen molar-refractivity contribution in [1.82, 2.24) is 10.2 Å². The summed E-state index contributed by atoms with van der Waals surface area (Å²) < 4.78 is 29.3. The van der Waals surface area contributed by atoms with Crippen molar-refractivity contribution < 1.29 is 18.0 Å². The van der Waals surface area contributed by atoms with E-state index in [0.717, 1.165) is 27.4 Å². The molecule has 0 spiro atoms.